The van der Waals surface area contributed by atoms with Crippen molar-refractivity contribution in [3.63, 3.8) is 0 Å². The molecule has 0 spiro atoms. The first-order valence-electron chi connectivity index (χ1n) is 7.12. The molecule has 1 aromatic carbocycles. The minimum Gasteiger partial charge on any atom is -0.397 e. The molecule has 1 amide bonds. The Morgan fingerprint density at radius 1 is 1.48 bits per heavy atom. The highest BCUT2D eigenvalue weighted by atomic mass is 35.5. The average Bonchev–Trinajstić information content (AvgIpc) is 2.42. The average molecular weight is 331 g/mol. The van der Waals surface area contributed by atoms with Crippen molar-refractivity contribution >= 4 is 39.7 Å². The van der Waals surface area contributed by atoms with E-state index in [0.717, 1.165) is 6.42 Å². The van der Waals surface area contributed by atoms with Crippen molar-refractivity contribution in [1.82, 2.24) is 0 Å². The summed E-state index contributed by atoms with van der Waals surface area (Å²) in [5.41, 5.74) is 6.73. The van der Waals surface area contributed by atoms with E-state index in [1.165, 1.54) is 0 Å². The van der Waals surface area contributed by atoms with Crippen LogP contribution in [0.5, 0.6) is 0 Å². The van der Waals surface area contributed by atoms with Crippen LogP contribution in [0.2, 0.25) is 5.02 Å². The maximum atomic E-state index is 11.8. The summed E-state index contributed by atoms with van der Waals surface area (Å²) >= 11 is 5.82. The molecule has 21 heavy (non-hydrogen) atoms. The van der Waals surface area contributed by atoms with Gasteiger partial charge in [0.15, 0.2) is 0 Å². The molecule has 0 fully saturated rings. The highest BCUT2D eigenvalue weighted by Crippen LogP contribution is 2.22. The Hall–Kier alpha value is -1.07. The number of amides is 1. The third kappa shape index (κ3) is 6.96. The number of carbonyl (C=O) groups is 1. The van der Waals surface area contributed by atoms with E-state index in [9.17, 15) is 9.00 Å². The second-order valence-electron chi connectivity index (χ2n) is 5.21. The number of hydrogen-bond acceptors (Lipinski definition) is 3. The van der Waals surface area contributed by atoms with Gasteiger partial charge in [-0.3, -0.25) is 9.00 Å². The number of rotatable bonds is 8. The van der Waals surface area contributed by atoms with Crippen LogP contribution in [-0.4, -0.2) is 21.6 Å². The molecular formula is C15H23ClN2O2S. The van der Waals surface area contributed by atoms with Gasteiger partial charge in [-0.25, -0.2) is 0 Å². The van der Waals surface area contributed by atoms with Gasteiger partial charge in [-0.1, -0.05) is 31.9 Å². The summed E-state index contributed by atoms with van der Waals surface area (Å²) in [5, 5.41) is 3.23. The van der Waals surface area contributed by atoms with Gasteiger partial charge in [0.05, 0.1) is 10.7 Å². The zero-order valence-electron chi connectivity index (χ0n) is 12.5. The van der Waals surface area contributed by atoms with E-state index in [2.05, 4.69) is 19.2 Å². The van der Waals surface area contributed by atoms with Crippen molar-refractivity contribution < 1.29 is 9.00 Å². The molecule has 0 saturated carbocycles. The molecule has 0 aliphatic rings. The number of nitrogens with one attached hydrogen (secondary N) is 1. The van der Waals surface area contributed by atoms with E-state index >= 15 is 0 Å². The van der Waals surface area contributed by atoms with Crippen molar-refractivity contribution in [1.29, 1.82) is 0 Å². The van der Waals surface area contributed by atoms with Gasteiger partial charge in [0.25, 0.3) is 0 Å². The SMILES string of the molecule is CCC(C)CS(=O)CCCC(=O)Nc1ccc(Cl)c(N)c1. The number of benzene rings is 1. The smallest absolute Gasteiger partial charge is 0.224 e. The molecule has 1 rings (SSSR count). The molecular weight excluding hydrogens is 308 g/mol. The maximum absolute atomic E-state index is 11.8. The quantitative estimate of drug-likeness (QED) is 0.717. The minimum atomic E-state index is -0.837. The van der Waals surface area contributed by atoms with Crippen molar-refractivity contribution in [2.24, 2.45) is 5.92 Å². The predicted octanol–water partition coefficient (Wildman–Crippen LogP) is 3.44. The molecule has 0 heterocycles. The van der Waals surface area contributed by atoms with Crippen molar-refractivity contribution in [3.05, 3.63) is 23.2 Å². The van der Waals surface area contributed by atoms with Crippen LogP contribution in [0.15, 0.2) is 18.2 Å². The van der Waals surface area contributed by atoms with E-state index in [0.29, 0.717) is 46.7 Å². The molecule has 118 valence electrons. The Balaban J connectivity index is 2.31. The first-order valence-corrected chi connectivity index (χ1v) is 8.98. The lowest BCUT2D eigenvalue weighted by atomic mass is 10.2. The van der Waals surface area contributed by atoms with Crippen molar-refractivity contribution in [2.75, 3.05) is 22.6 Å². The van der Waals surface area contributed by atoms with E-state index in [1.807, 2.05) is 0 Å². The highest BCUT2D eigenvalue weighted by Gasteiger charge is 2.08. The molecule has 2 unspecified atom stereocenters. The van der Waals surface area contributed by atoms with Crippen molar-refractivity contribution in [2.45, 2.75) is 33.1 Å². The zero-order valence-corrected chi connectivity index (χ0v) is 14.1. The molecule has 6 heteroatoms. The molecule has 0 saturated heterocycles. The van der Waals surface area contributed by atoms with E-state index in [-0.39, 0.29) is 5.91 Å². The number of nitrogens with two attached hydrogens (primary N) is 1. The molecule has 2 atom stereocenters. The Morgan fingerprint density at radius 3 is 2.81 bits per heavy atom. The van der Waals surface area contributed by atoms with Gasteiger partial charge in [0, 0.05) is 34.4 Å². The van der Waals surface area contributed by atoms with Crippen LogP contribution in [0, 0.1) is 5.92 Å². The van der Waals surface area contributed by atoms with Gasteiger partial charge in [-0.2, -0.15) is 0 Å². The number of halogens is 1. The first-order chi connectivity index (χ1) is 9.92. The summed E-state index contributed by atoms with van der Waals surface area (Å²) in [4.78, 5) is 11.8. The molecule has 0 radical (unpaired) electrons. The Morgan fingerprint density at radius 2 is 2.19 bits per heavy atom. The summed E-state index contributed by atoms with van der Waals surface area (Å²) in [6.45, 7) is 4.18. The Kier molecular flexibility index (Phi) is 7.75. The summed E-state index contributed by atoms with van der Waals surface area (Å²) < 4.78 is 11.8. The summed E-state index contributed by atoms with van der Waals surface area (Å²) in [6, 6.07) is 4.98. The van der Waals surface area contributed by atoms with E-state index in [4.69, 9.17) is 17.3 Å². The predicted molar refractivity (Wildman–Crippen MR) is 91.1 cm³/mol. The summed E-state index contributed by atoms with van der Waals surface area (Å²) in [6.07, 6.45) is 2.01. The van der Waals surface area contributed by atoms with Gasteiger partial charge < -0.3 is 11.1 Å². The lowest BCUT2D eigenvalue weighted by molar-refractivity contribution is -0.116. The molecule has 0 aromatic heterocycles. The third-order valence-electron chi connectivity index (χ3n) is 3.22. The number of anilines is 2. The van der Waals surface area contributed by atoms with Crippen LogP contribution in [-0.2, 0) is 15.6 Å². The van der Waals surface area contributed by atoms with Gasteiger partial charge in [-0.05, 0) is 30.5 Å². The lowest BCUT2D eigenvalue weighted by Gasteiger charge is -2.09. The number of carbonyl (C=O) groups excluding carboxylic acids is 1. The van der Waals surface area contributed by atoms with Crippen LogP contribution in [0.4, 0.5) is 11.4 Å². The van der Waals surface area contributed by atoms with Crippen LogP contribution in [0.3, 0.4) is 0 Å². The molecule has 0 bridgehead atoms. The van der Waals surface area contributed by atoms with Gasteiger partial charge >= 0.3 is 0 Å². The zero-order chi connectivity index (χ0) is 15.8. The molecule has 1 aromatic rings. The van der Waals surface area contributed by atoms with Crippen LogP contribution in [0.25, 0.3) is 0 Å². The topological polar surface area (TPSA) is 72.2 Å². The van der Waals surface area contributed by atoms with Crippen molar-refractivity contribution in [3.8, 4) is 0 Å². The Labute approximate surface area is 133 Å². The van der Waals surface area contributed by atoms with Gasteiger partial charge in [0.2, 0.25) is 5.91 Å². The first kappa shape index (κ1) is 18.0. The van der Waals surface area contributed by atoms with Crippen LogP contribution in [0.1, 0.15) is 33.1 Å². The molecule has 0 aliphatic heterocycles. The molecule has 4 nitrogen and oxygen atoms in total. The molecule has 0 aliphatic carbocycles. The fourth-order valence-corrected chi connectivity index (χ4v) is 3.38. The lowest BCUT2D eigenvalue weighted by Crippen LogP contribution is -2.14. The largest absolute Gasteiger partial charge is 0.397 e. The van der Waals surface area contributed by atoms with Gasteiger partial charge in [0.1, 0.15) is 0 Å². The van der Waals surface area contributed by atoms with E-state index in [1.54, 1.807) is 18.2 Å². The monoisotopic (exact) mass is 330 g/mol. The van der Waals surface area contributed by atoms with Crippen LogP contribution < -0.4 is 11.1 Å². The summed E-state index contributed by atoms with van der Waals surface area (Å²) in [7, 11) is -0.837. The maximum Gasteiger partial charge on any atom is 0.224 e. The van der Waals surface area contributed by atoms with Gasteiger partial charge in [-0.15, -0.1) is 0 Å². The van der Waals surface area contributed by atoms with Crippen LogP contribution >= 0.6 is 11.6 Å². The Bertz CT molecular complexity index is 508. The second-order valence-corrected chi connectivity index (χ2v) is 7.24. The third-order valence-corrected chi connectivity index (χ3v) is 5.25. The fourth-order valence-electron chi connectivity index (χ4n) is 1.76. The standard InChI is InChI=1S/C15H23ClN2O2S/c1-3-11(2)10-21(20)8-4-5-15(19)18-12-6-7-13(16)14(17)9-12/h6-7,9,11H,3-5,8,10,17H2,1-2H3,(H,18,19). The number of nitrogen functional groups attached to an aromatic ring is 1. The highest BCUT2D eigenvalue weighted by molar-refractivity contribution is 7.84. The second kappa shape index (κ2) is 9.05. The van der Waals surface area contributed by atoms with E-state index < -0.39 is 10.8 Å². The summed E-state index contributed by atoms with van der Waals surface area (Å²) in [5.74, 6) is 1.65. The minimum absolute atomic E-state index is 0.0998. The number of hydrogen-bond donors (Lipinski definition) is 2. The normalized spacial score (nSPS) is 13.7. The molecule has 3 N–H and O–H groups in total. The fraction of sp³-hybridized carbons (Fsp3) is 0.533.